The van der Waals surface area contributed by atoms with E-state index in [-0.39, 0.29) is 16.9 Å². The van der Waals surface area contributed by atoms with E-state index < -0.39 is 10.0 Å². The Labute approximate surface area is 126 Å². The molecule has 0 aliphatic carbocycles. The summed E-state index contributed by atoms with van der Waals surface area (Å²) in [5, 5.41) is 8.63. The Kier molecular flexibility index (Phi) is 4.99. The zero-order valence-corrected chi connectivity index (χ0v) is 13.2. The molecule has 1 aliphatic heterocycles. The highest BCUT2D eigenvalue weighted by Gasteiger charge is 2.28. The Morgan fingerprint density at radius 3 is 2.62 bits per heavy atom. The Balaban J connectivity index is 2.09. The van der Waals surface area contributed by atoms with E-state index in [0.717, 1.165) is 25.1 Å². The van der Waals surface area contributed by atoms with Crippen LogP contribution < -0.4 is 4.72 Å². The van der Waals surface area contributed by atoms with Crippen LogP contribution in [-0.2, 0) is 16.4 Å². The number of piperidine rings is 1. The molecule has 1 aromatic carbocycles. The van der Waals surface area contributed by atoms with Crippen molar-refractivity contribution < 1.29 is 8.42 Å². The van der Waals surface area contributed by atoms with Gasteiger partial charge in [-0.3, -0.25) is 0 Å². The molecule has 6 heteroatoms. The van der Waals surface area contributed by atoms with Crippen molar-refractivity contribution in [1.29, 1.82) is 5.26 Å². The van der Waals surface area contributed by atoms with E-state index >= 15 is 0 Å². The van der Waals surface area contributed by atoms with Crippen molar-refractivity contribution in [3.63, 3.8) is 0 Å². The molecule has 0 saturated carbocycles. The maximum atomic E-state index is 12.4. The first-order valence-corrected chi connectivity index (χ1v) is 8.57. The molecule has 5 nitrogen and oxygen atoms in total. The van der Waals surface area contributed by atoms with Gasteiger partial charge in [-0.2, -0.15) is 5.26 Å². The normalized spacial score (nSPS) is 23.7. The minimum Gasteiger partial charge on any atom is -0.306 e. The Morgan fingerprint density at radius 2 is 2.05 bits per heavy atom. The SMILES string of the molecule is CC1CN(C)CCC1NS(=O)(=O)c1ccc(CC#N)cc1. The van der Waals surface area contributed by atoms with Crippen LogP contribution in [0, 0.1) is 17.2 Å². The molecule has 1 aliphatic rings. The molecule has 114 valence electrons. The first kappa shape index (κ1) is 16.0. The number of hydrogen-bond acceptors (Lipinski definition) is 4. The number of benzene rings is 1. The maximum Gasteiger partial charge on any atom is 0.240 e. The summed E-state index contributed by atoms with van der Waals surface area (Å²) >= 11 is 0. The minimum atomic E-state index is -3.49. The standard InChI is InChI=1S/C15H21N3O2S/c1-12-11-18(2)10-8-15(12)17-21(19,20)14-5-3-13(4-6-14)7-9-16/h3-6,12,15,17H,7-8,10-11H2,1-2H3. The average Bonchev–Trinajstić information content (AvgIpc) is 2.43. The second kappa shape index (κ2) is 6.56. The van der Waals surface area contributed by atoms with Gasteiger partial charge in [0.1, 0.15) is 0 Å². The van der Waals surface area contributed by atoms with Gasteiger partial charge in [-0.1, -0.05) is 19.1 Å². The fourth-order valence-corrected chi connectivity index (χ4v) is 4.05. The Morgan fingerprint density at radius 1 is 1.38 bits per heavy atom. The molecular formula is C15H21N3O2S. The zero-order chi connectivity index (χ0) is 15.5. The number of likely N-dealkylation sites (tertiary alicyclic amines) is 1. The fraction of sp³-hybridized carbons (Fsp3) is 0.533. The van der Waals surface area contributed by atoms with E-state index in [1.165, 1.54) is 0 Å². The molecule has 0 amide bonds. The average molecular weight is 307 g/mol. The number of nitrogens with zero attached hydrogens (tertiary/aromatic N) is 2. The molecule has 0 radical (unpaired) electrons. The molecule has 1 saturated heterocycles. The van der Waals surface area contributed by atoms with Gasteiger partial charge in [0, 0.05) is 12.6 Å². The van der Waals surface area contributed by atoms with Gasteiger partial charge in [-0.25, -0.2) is 13.1 Å². The van der Waals surface area contributed by atoms with Gasteiger partial charge < -0.3 is 4.90 Å². The molecule has 1 heterocycles. The number of sulfonamides is 1. The summed E-state index contributed by atoms with van der Waals surface area (Å²) in [7, 11) is -1.44. The van der Waals surface area contributed by atoms with Crippen molar-refractivity contribution >= 4 is 10.0 Å². The highest BCUT2D eigenvalue weighted by Crippen LogP contribution is 2.19. The molecule has 2 rings (SSSR count). The number of nitriles is 1. The molecule has 0 bridgehead atoms. The van der Waals surface area contributed by atoms with E-state index in [1.807, 2.05) is 6.07 Å². The van der Waals surface area contributed by atoms with Crippen molar-refractivity contribution in [2.24, 2.45) is 5.92 Å². The number of rotatable bonds is 4. The molecule has 1 N–H and O–H groups in total. The highest BCUT2D eigenvalue weighted by molar-refractivity contribution is 7.89. The molecule has 0 aromatic heterocycles. The molecule has 1 fully saturated rings. The number of nitrogens with one attached hydrogen (secondary N) is 1. The first-order chi connectivity index (χ1) is 9.92. The van der Waals surface area contributed by atoms with Crippen LogP contribution in [0.2, 0.25) is 0 Å². The lowest BCUT2D eigenvalue weighted by Crippen LogP contribution is -2.48. The second-order valence-corrected chi connectivity index (χ2v) is 7.45. The van der Waals surface area contributed by atoms with Crippen LogP contribution in [0.25, 0.3) is 0 Å². The van der Waals surface area contributed by atoms with Crippen molar-refractivity contribution in [1.82, 2.24) is 9.62 Å². The predicted molar refractivity (Wildman–Crippen MR) is 81.1 cm³/mol. The number of hydrogen-bond donors (Lipinski definition) is 1. The van der Waals surface area contributed by atoms with Crippen molar-refractivity contribution in [2.45, 2.75) is 30.7 Å². The Hall–Kier alpha value is -1.42. The summed E-state index contributed by atoms with van der Waals surface area (Å²) in [6.45, 7) is 3.87. The lowest BCUT2D eigenvalue weighted by Gasteiger charge is -2.34. The zero-order valence-electron chi connectivity index (χ0n) is 12.4. The Bertz CT molecular complexity index is 619. The van der Waals surface area contributed by atoms with Crippen LogP contribution in [0.15, 0.2) is 29.2 Å². The lowest BCUT2D eigenvalue weighted by molar-refractivity contribution is 0.188. The third-order valence-corrected chi connectivity index (χ3v) is 5.44. The smallest absolute Gasteiger partial charge is 0.240 e. The summed E-state index contributed by atoms with van der Waals surface area (Å²) < 4.78 is 27.6. The van der Waals surface area contributed by atoms with Crippen LogP contribution in [0.1, 0.15) is 18.9 Å². The van der Waals surface area contributed by atoms with Gasteiger partial charge >= 0.3 is 0 Å². The van der Waals surface area contributed by atoms with E-state index in [2.05, 4.69) is 23.6 Å². The topological polar surface area (TPSA) is 73.2 Å². The van der Waals surface area contributed by atoms with Crippen LogP contribution in [0.4, 0.5) is 0 Å². The predicted octanol–water partition coefficient (Wildman–Crippen LogP) is 1.37. The molecule has 2 atom stereocenters. The molecular weight excluding hydrogens is 286 g/mol. The molecule has 1 aromatic rings. The minimum absolute atomic E-state index is 0.0232. The van der Waals surface area contributed by atoms with Crippen LogP contribution in [0.3, 0.4) is 0 Å². The van der Waals surface area contributed by atoms with Crippen molar-refractivity contribution in [2.75, 3.05) is 20.1 Å². The molecule has 0 spiro atoms. The van der Waals surface area contributed by atoms with Gasteiger partial charge in [-0.05, 0) is 43.6 Å². The molecule has 2 unspecified atom stereocenters. The van der Waals surface area contributed by atoms with E-state index in [4.69, 9.17) is 5.26 Å². The third-order valence-electron chi connectivity index (χ3n) is 3.93. The van der Waals surface area contributed by atoms with E-state index in [0.29, 0.717) is 6.42 Å². The van der Waals surface area contributed by atoms with Gasteiger partial charge in [0.2, 0.25) is 10.0 Å². The summed E-state index contributed by atoms with van der Waals surface area (Å²) in [6.07, 6.45) is 1.11. The van der Waals surface area contributed by atoms with E-state index in [9.17, 15) is 8.42 Å². The summed E-state index contributed by atoms with van der Waals surface area (Å²) in [5.74, 6) is 0.288. The molecule has 21 heavy (non-hydrogen) atoms. The third kappa shape index (κ3) is 4.03. The van der Waals surface area contributed by atoms with Gasteiger partial charge in [0.25, 0.3) is 0 Å². The monoisotopic (exact) mass is 307 g/mol. The van der Waals surface area contributed by atoms with Gasteiger partial charge in [0.05, 0.1) is 17.4 Å². The largest absolute Gasteiger partial charge is 0.306 e. The van der Waals surface area contributed by atoms with Crippen LogP contribution in [0.5, 0.6) is 0 Å². The summed E-state index contributed by atoms with van der Waals surface area (Å²) in [4.78, 5) is 2.47. The quantitative estimate of drug-likeness (QED) is 0.912. The van der Waals surface area contributed by atoms with Crippen LogP contribution in [-0.4, -0.2) is 39.5 Å². The van der Waals surface area contributed by atoms with Gasteiger partial charge in [-0.15, -0.1) is 0 Å². The van der Waals surface area contributed by atoms with Crippen LogP contribution >= 0.6 is 0 Å². The maximum absolute atomic E-state index is 12.4. The van der Waals surface area contributed by atoms with Crippen molar-refractivity contribution in [3.8, 4) is 6.07 Å². The summed E-state index contributed by atoms with van der Waals surface area (Å²) in [6, 6.07) is 8.53. The second-order valence-electron chi connectivity index (χ2n) is 5.73. The highest BCUT2D eigenvalue weighted by atomic mass is 32.2. The van der Waals surface area contributed by atoms with Gasteiger partial charge in [0.15, 0.2) is 0 Å². The first-order valence-electron chi connectivity index (χ1n) is 7.09. The fourth-order valence-electron chi connectivity index (χ4n) is 2.67. The lowest BCUT2D eigenvalue weighted by atomic mass is 9.95. The van der Waals surface area contributed by atoms with Crippen molar-refractivity contribution in [3.05, 3.63) is 29.8 Å². The van der Waals surface area contributed by atoms with E-state index in [1.54, 1.807) is 24.3 Å². The summed E-state index contributed by atoms with van der Waals surface area (Å²) in [5.41, 5.74) is 0.823.